The lowest BCUT2D eigenvalue weighted by Crippen LogP contribution is -2.45. The van der Waals surface area contributed by atoms with Gasteiger partial charge in [0, 0.05) is 36.9 Å². The van der Waals surface area contributed by atoms with Crippen LogP contribution in [0.5, 0.6) is 0 Å². The summed E-state index contributed by atoms with van der Waals surface area (Å²) in [7, 11) is 0. The van der Waals surface area contributed by atoms with Crippen molar-refractivity contribution in [3.63, 3.8) is 0 Å². The lowest BCUT2D eigenvalue weighted by Gasteiger charge is -2.36. The third-order valence-corrected chi connectivity index (χ3v) is 6.72. The number of nitrogens with one attached hydrogen (secondary N) is 1. The number of nitrogens with zero attached hydrogens (tertiary/aromatic N) is 3. The van der Waals surface area contributed by atoms with Crippen molar-refractivity contribution in [3.05, 3.63) is 77.1 Å². The largest absolute Gasteiger partial charge is 0.372 e. The zero-order chi connectivity index (χ0) is 23.4. The van der Waals surface area contributed by atoms with Crippen molar-refractivity contribution in [2.75, 3.05) is 18.0 Å². The lowest BCUT2D eigenvalue weighted by atomic mass is 10.1. The van der Waals surface area contributed by atoms with Gasteiger partial charge in [-0.2, -0.15) is 0 Å². The number of hydrogen-bond donors (Lipinski definition) is 1. The van der Waals surface area contributed by atoms with Crippen LogP contribution in [-0.4, -0.2) is 41.2 Å². The molecule has 4 rings (SSSR count). The number of aromatic nitrogens is 2. The first-order valence-corrected chi connectivity index (χ1v) is 12.0. The highest BCUT2D eigenvalue weighted by Gasteiger charge is 2.23. The first-order valence-electron chi connectivity index (χ1n) is 11.2. The van der Waals surface area contributed by atoms with Crippen LogP contribution in [0.3, 0.4) is 0 Å². The van der Waals surface area contributed by atoms with Gasteiger partial charge in [0.15, 0.2) is 0 Å². The molecule has 6 nitrogen and oxygen atoms in total. The van der Waals surface area contributed by atoms with Crippen LogP contribution in [0, 0.1) is 13.8 Å². The maximum Gasteiger partial charge on any atom is 0.254 e. The van der Waals surface area contributed by atoms with Crippen molar-refractivity contribution in [2.24, 2.45) is 0 Å². The number of carbonyl (C=O) groups excluding carboxylic acids is 1. The van der Waals surface area contributed by atoms with Gasteiger partial charge in [-0.3, -0.25) is 4.79 Å². The second kappa shape index (κ2) is 10.4. The fourth-order valence-corrected chi connectivity index (χ4v) is 4.86. The van der Waals surface area contributed by atoms with E-state index in [4.69, 9.17) is 4.74 Å². The summed E-state index contributed by atoms with van der Waals surface area (Å²) in [6.07, 6.45) is 3.92. The molecule has 1 N–H and O–H groups in total. The van der Waals surface area contributed by atoms with Crippen molar-refractivity contribution in [1.82, 2.24) is 15.3 Å². The molecular weight excluding hydrogens is 432 g/mol. The molecule has 0 radical (unpaired) electrons. The van der Waals surface area contributed by atoms with Crippen LogP contribution in [0.2, 0.25) is 0 Å². The number of anilines is 1. The minimum atomic E-state index is -0.144. The van der Waals surface area contributed by atoms with Crippen LogP contribution in [0.4, 0.5) is 5.82 Å². The van der Waals surface area contributed by atoms with E-state index in [1.54, 1.807) is 12.3 Å². The predicted molar refractivity (Wildman–Crippen MR) is 132 cm³/mol. The molecule has 0 aliphatic carbocycles. The van der Waals surface area contributed by atoms with Gasteiger partial charge in [0.25, 0.3) is 5.91 Å². The van der Waals surface area contributed by atoms with E-state index in [1.165, 1.54) is 22.9 Å². The summed E-state index contributed by atoms with van der Waals surface area (Å²) in [4.78, 5) is 25.3. The molecule has 3 aromatic rings. The van der Waals surface area contributed by atoms with Gasteiger partial charge >= 0.3 is 0 Å². The highest BCUT2D eigenvalue weighted by molar-refractivity contribution is 7.99. The van der Waals surface area contributed by atoms with Crippen LogP contribution in [0.1, 0.15) is 40.9 Å². The first-order chi connectivity index (χ1) is 15.9. The molecule has 2 unspecified atom stereocenters. The van der Waals surface area contributed by atoms with Gasteiger partial charge in [0.05, 0.1) is 17.8 Å². The minimum Gasteiger partial charge on any atom is -0.372 e. The van der Waals surface area contributed by atoms with Gasteiger partial charge in [-0.15, -0.1) is 0 Å². The van der Waals surface area contributed by atoms with Crippen molar-refractivity contribution >= 4 is 23.5 Å². The molecule has 1 aliphatic rings. The summed E-state index contributed by atoms with van der Waals surface area (Å²) in [5.74, 6) is 0.792. The van der Waals surface area contributed by atoms with Crippen molar-refractivity contribution in [2.45, 2.75) is 56.4 Å². The molecule has 2 atom stereocenters. The summed E-state index contributed by atoms with van der Waals surface area (Å²) < 4.78 is 5.80. The molecule has 33 heavy (non-hydrogen) atoms. The molecule has 1 aliphatic heterocycles. The summed E-state index contributed by atoms with van der Waals surface area (Å²) in [5.41, 5.74) is 3.99. The number of pyridine rings is 2. The quantitative estimate of drug-likeness (QED) is 0.568. The monoisotopic (exact) mass is 462 g/mol. The number of aryl methyl sites for hydroxylation is 2. The Morgan fingerprint density at radius 3 is 2.58 bits per heavy atom. The standard InChI is InChI=1S/C26H30N4O2S/c1-17-7-9-22(12-18(17)2)33-26-23(6-5-11-27-26)25(31)29-14-21-8-10-24(28-13-21)30-15-19(3)32-20(4)16-30/h5-13,19-20H,14-16H2,1-4H3,(H,29,31). The smallest absolute Gasteiger partial charge is 0.254 e. The van der Waals surface area contributed by atoms with Crippen LogP contribution in [0.15, 0.2) is 64.8 Å². The van der Waals surface area contributed by atoms with E-state index >= 15 is 0 Å². The second-order valence-corrected chi connectivity index (χ2v) is 9.64. The lowest BCUT2D eigenvalue weighted by molar-refractivity contribution is -0.00546. The summed E-state index contributed by atoms with van der Waals surface area (Å²) in [5, 5.41) is 3.71. The number of rotatable bonds is 6. The molecule has 172 valence electrons. The van der Waals surface area contributed by atoms with Crippen molar-refractivity contribution in [3.8, 4) is 0 Å². The molecule has 7 heteroatoms. The third-order valence-electron chi connectivity index (χ3n) is 5.71. The average molecular weight is 463 g/mol. The number of hydrogen-bond acceptors (Lipinski definition) is 6. The number of amides is 1. The van der Waals surface area contributed by atoms with E-state index in [2.05, 4.69) is 66.1 Å². The average Bonchev–Trinajstić information content (AvgIpc) is 2.80. The van der Waals surface area contributed by atoms with Gasteiger partial charge in [0.1, 0.15) is 10.8 Å². The zero-order valence-corrected chi connectivity index (χ0v) is 20.4. The fraction of sp³-hybridized carbons (Fsp3) is 0.346. The maximum absolute atomic E-state index is 12.9. The van der Waals surface area contributed by atoms with Crippen molar-refractivity contribution in [1.29, 1.82) is 0 Å². The first kappa shape index (κ1) is 23.3. The third kappa shape index (κ3) is 5.92. The molecule has 1 amide bonds. The molecular formula is C26H30N4O2S. The number of morpholine rings is 1. The van der Waals surface area contributed by atoms with Crippen LogP contribution < -0.4 is 10.2 Å². The van der Waals surface area contributed by atoms with Crippen LogP contribution >= 0.6 is 11.8 Å². The second-order valence-electron chi connectivity index (χ2n) is 8.57. The van der Waals surface area contributed by atoms with E-state index < -0.39 is 0 Å². The Labute approximate surface area is 199 Å². The Morgan fingerprint density at radius 1 is 1.09 bits per heavy atom. The van der Waals surface area contributed by atoms with E-state index in [9.17, 15) is 4.79 Å². The fourth-order valence-electron chi connectivity index (χ4n) is 3.88. The molecule has 1 aromatic carbocycles. The highest BCUT2D eigenvalue weighted by atomic mass is 32.2. The topological polar surface area (TPSA) is 67.4 Å². The van der Waals surface area contributed by atoms with Crippen LogP contribution in [0.25, 0.3) is 0 Å². The molecule has 0 spiro atoms. The predicted octanol–water partition coefficient (Wildman–Crippen LogP) is 4.79. The van der Waals surface area contributed by atoms with Gasteiger partial charge in [-0.1, -0.05) is 23.9 Å². The minimum absolute atomic E-state index is 0.144. The molecule has 0 bridgehead atoms. The van der Waals surface area contributed by atoms with E-state index in [1.807, 2.05) is 24.4 Å². The van der Waals surface area contributed by atoms with Crippen LogP contribution in [-0.2, 0) is 11.3 Å². The Bertz CT molecular complexity index is 1110. The molecule has 3 heterocycles. The number of ether oxygens (including phenoxy) is 1. The maximum atomic E-state index is 12.9. The molecule has 0 saturated carbocycles. The summed E-state index contributed by atoms with van der Waals surface area (Å²) in [6, 6.07) is 13.9. The SMILES string of the molecule is Cc1ccc(Sc2ncccc2C(=O)NCc2ccc(N3CC(C)OC(C)C3)nc2)cc1C. The van der Waals surface area contributed by atoms with Gasteiger partial charge in [0.2, 0.25) is 0 Å². The van der Waals surface area contributed by atoms with E-state index in [-0.39, 0.29) is 18.1 Å². The van der Waals surface area contributed by atoms with Gasteiger partial charge in [-0.25, -0.2) is 9.97 Å². The summed E-state index contributed by atoms with van der Waals surface area (Å²) >= 11 is 1.51. The normalized spacial score (nSPS) is 18.2. The van der Waals surface area contributed by atoms with Gasteiger partial charge in [-0.05, 0) is 74.7 Å². The molecule has 1 fully saturated rings. The zero-order valence-electron chi connectivity index (χ0n) is 19.5. The Kier molecular flexibility index (Phi) is 7.30. The number of benzene rings is 1. The Hall–Kier alpha value is -2.90. The number of carbonyl (C=O) groups is 1. The Morgan fingerprint density at radius 2 is 1.88 bits per heavy atom. The molecule has 2 aromatic heterocycles. The van der Waals surface area contributed by atoms with E-state index in [0.29, 0.717) is 17.1 Å². The summed E-state index contributed by atoms with van der Waals surface area (Å²) in [6.45, 7) is 10.4. The van der Waals surface area contributed by atoms with Gasteiger partial charge < -0.3 is 15.0 Å². The Balaban J connectivity index is 1.39. The van der Waals surface area contributed by atoms with Crippen molar-refractivity contribution < 1.29 is 9.53 Å². The van der Waals surface area contributed by atoms with E-state index in [0.717, 1.165) is 29.4 Å². The highest BCUT2D eigenvalue weighted by Crippen LogP contribution is 2.30. The molecule has 1 saturated heterocycles.